The van der Waals surface area contributed by atoms with Crippen molar-refractivity contribution in [2.24, 2.45) is 5.41 Å². The predicted molar refractivity (Wildman–Crippen MR) is 176 cm³/mol. The average Bonchev–Trinajstić information content (AvgIpc) is 3.22. The monoisotopic (exact) mass is 634 g/mol. The van der Waals surface area contributed by atoms with E-state index in [1.54, 1.807) is 31.7 Å². The molecule has 0 aliphatic carbocycles. The van der Waals surface area contributed by atoms with Gasteiger partial charge in [-0.3, -0.25) is 4.79 Å². The van der Waals surface area contributed by atoms with Crippen LogP contribution >= 0.6 is 23.4 Å². The van der Waals surface area contributed by atoms with Crippen LogP contribution in [0.2, 0.25) is 5.02 Å². The summed E-state index contributed by atoms with van der Waals surface area (Å²) in [5, 5.41) is 12.4. The lowest BCUT2D eigenvalue weighted by atomic mass is 9.88. The largest absolute Gasteiger partial charge is 0.494 e. The number of halogens is 2. The van der Waals surface area contributed by atoms with Crippen LogP contribution in [0.1, 0.15) is 51.6 Å². The van der Waals surface area contributed by atoms with E-state index in [-0.39, 0.29) is 17.1 Å². The average molecular weight is 635 g/mol. The Hall–Kier alpha value is -3.75. The first kappa shape index (κ1) is 31.7. The number of hydrogen-bond donors (Lipinski definition) is 1. The van der Waals surface area contributed by atoms with Gasteiger partial charge in [-0.15, -0.1) is 11.8 Å². The van der Waals surface area contributed by atoms with Gasteiger partial charge in [0.15, 0.2) is 11.6 Å². The van der Waals surface area contributed by atoms with E-state index in [1.807, 2.05) is 54.6 Å². The van der Waals surface area contributed by atoms with Gasteiger partial charge in [0, 0.05) is 55.7 Å². The Balaban J connectivity index is 1.56. The zero-order valence-corrected chi connectivity index (χ0v) is 27.3. The molecule has 0 atom stereocenters. The number of aromatic nitrogens is 2. The first-order valence-corrected chi connectivity index (χ1v) is 15.5. The van der Waals surface area contributed by atoms with E-state index < -0.39 is 17.2 Å². The van der Waals surface area contributed by atoms with Crippen molar-refractivity contribution >= 4 is 51.1 Å². The van der Waals surface area contributed by atoms with Gasteiger partial charge in [0.05, 0.1) is 23.7 Å². The van der Waals surface area contributed by atoms with Crippen LogP contribution < -0.4 is 9.47 Å². The topological polar surface area (TPSA) is 73.6 Å². The molecule has 0 fully saturated rings. The second-order valence-corrected chi connectivity index (χ2v) is 14.8. The number of carboxylic acids is 1. The number of carbonyl (C=O) groups is 1. The summed E-state index contributed by atoms with van der Waals surface area (Å²) in [6.07, 6.45) is 0.351. The molecule has 0 spiro atoms. The number of thioether (sulfide) groups is 1. The van der Waals surface area contributed by atoms with Gasteiger partial charge >= 0.3 is 5.97 Å². The highest BCUT2D eigenvalue weighted by Gasteiger charge is 2.33. The molecule has 0 saturated heterocycles. The van der Waals surface area contributed by atoms with Crippen molar-refractivity contribution in [3.63, 3.8) is 0 Å². The van der Waals surface area contributed by atoms with Crippen molar-refractivity contribution in [1.82, 2.24) is 9.55 Å². The number of rotatable bonds is 10. The lowest BCUT2D eigenvalue weighted by Gasteiger charge is -2.24. The van der Waals surface area contributed by atoms with Crippen molar-refractivity contribution in [3.8, 4) is 11.5 Å². The Morgan fingerprint density at radius 1 is 1.02 bits per heavy atom. The van der Waals surface area contributed by atoms with Gasteiger partial charge < -0.3 is 19.1 Å². The molecule has 2 aromatic heterocycles. The van der Waals surface area contributed by atoms with Crippen molar-refractivity contribution in [2.45, 2.75) is 63.8 Å². The van der Waals surface area contributed by atoms with E-state index in [0.29, 0.717) is 40.3 Å². The number of nitrogens with zero attached hydrogens (tertiary/aromatic N) is 2. The van der Waals surface area contributed by atoms with Gasteiger partial charge in [0.25, 0.3) is 0 Å². The number of aliphatic carboxylic acids is 1. The molecular formula is C35H36ClFN2O4S. The van der Waals surface area contributed by atoms with Crippen LogP contribution in [0.3, 0.4) is 0 Å². The molecule has 44 heavy (non-hydrogen) atoms. The highest BCUT2D eigenvalue weighted by Crippen LogP contribution is 2.44. The fourth-order valence-corrected chi connectivity index (χ4v) is 6.36. The molecule has 0 amide bonds. The van der Waals surface area contributed by atoms with Crippen molar-refractivity contribution < 1.29 is 23.8 Å². The Morgan fingerprint density at radius 3 is 2.41 bits per heavy atom. The summed E-state index contributed by atoms with van der Waals surface area (Å²) >= 11 is 7.89. The predicted octanol–water partition coefficient (Wildman–Crippen LogP) is 9.16. The molecule has 5 rings (SSSR count). The molecule has 0 aliphatic rings. The van der Waals surface area contributed by atoms with Crippen LogP contribution in [0, 0.1) is 11.2 Å². The molecule has 0 saturated carbocycles. The third kappa shape index (κ3) is 6.97. The van der Waals surface area contributed by atoms with Crippen LogP contribution in [0.25, 0.3) is 21.8 Å². The minimum atomic E-state index is -0.980. The fourth-order valence-electron chi connectivity index (χ4n) is 5.05. The molecule has 0 bridgehead atoms. The van der Waals surface area contributed by atoms with Crippen molar-refractivity contribution in [2.75, 3.05) is 7.11 Å². The van der Waals surface area contributed by atoms with E-state index in [4.69, 9.17) is 21.1 Å². The number of hydrogen-bond acceptors (Lipinski definition) is 5. The van der Waals surface area contributed by atoms with Crippen LogP contribution in [-0.4, -0.2) is 32.5 Å². The molecular weight excluding hydrogens is 599 g/mol. The number of methoxy groups -OCH3 is 1. The summed E-state index contributed by atoms with van der Waals surface area (Å²) < 4.78 is 27.6. The van der Waals surface area contributed by atoms with E-state index in [9.17, 15) is 14.3 Å². The SMILES string of the molecule is COc1cc2nc(COc3ccc4c(c3)c(SC(C)(C)C)c(CC(C)(C)C(=O)O)n4Cc3ccc(Cl)cc3)ccc2cc1F. The Labute approximate surface area is 266 Å². The molecule has 0 aliphatic heterocycles. The maximum atomic E-state index is 14.1. The van der Waals surface area contributed by atoms with Crippen molar-refractivity contribution in [3.05, 3.63) is 94.5 Å². The van der Waals surface area contributed by atoms with E-state index >= 15 is 0 Å². The van der Waals surface area contributed by atoms with Gasteiger partial charge in [0.2, 0.25) is 0 Å². The summed E-state index contributed by atoms with van der Waals surface area (Å²) in [4.78, 5) is 18.0. The molecule has 0 radical (unpaired) electrons. The quantitative estimate of drug-likeness (QED) is 0.154. The molecule has 5 aromatic rings. The van der Waals surface area contributed by atoms with Crippen LogP contribution in [0.5, 0.6) is 11.5 Å². The summed E-state index contributed by atoms with van der Waals surface area (Å²) in [5.41, 5.74) is 3.36. The van der Waals surface area contributed by atoms with Crippen LogP contribution in [0.4, 0.5) is 4.39 Å². The number of fused-ring (bicyclic) bond motifs is 2. The smallest absolute Gasteiger partial charge is 0.309 e. The van der Waals surface area contributed by atoms with Gasteiger partial charge in [-0.05, 0) is 61.9 Å². The zero-order valence-electron chi connectivity index (χ0n) is 25.7. The van der Waals surface area contributed by atoms with Gasteiger partial charge in [-0.25, -0.2) is 9.37 Å². The van der Waals surface area contributed by atoms with Gasteiger partial charge in [0.1, 0.15) is 12.4 Å². The first-order chi connectivity index (χ1) is 20.7. The minimum absolute atomic E-state index is 0.131. The first-order valence-electron chi connectivity index (χ1n) is 14.3. The normalized spacial score (nSPS) is 12.2. The molecule has 1 N–H and O–H groups in total. The van der Waals surface area contributed by atoms with E-state index in [1.165, 1.54) is 13.2 Å². The molecule has 3 aromatic carbocycles. The fraction of sp³-hybridized carbons (Fsp3) is 0.314. The summed E-state index contributed by atoms with van der Waals surface area (Å²) in [6.45, 7) is 10.8. The molecule has 230 valence electrons. The second-order valence-electron chi connectivity index (χ2n) is 12.5. The van der Waals surface area contributed by atoms with Gasteiger partial charge in [-0.2, -0.15) is 0 Å². The maximum Gasteiger partial charge on any atom is 0.309 e. The highest BCUT2D eigenvalue weighted by molar-refractivity contribution is 8.00. The molecule has 6 nitrogen and oxygen atoms in total. The third-order valence-electron chi connectivity index (χ3n) is 7.35. The Kier molecular flexibility index (Phi) is 8.87. The lowest BCUT2D eigenvalue weighted by molar-refractivity contribution is -0.146. The second kappa shape index (κ2) is 12.3. The summed E-state index contributed by atoms with van der Waals surface area (Å²) in [7, 11) is 1.43. The zero-order chi connectivity index (χ0) is 31.8. The van der Waals surface area contributed by atoms with Crippen LogP contribution in [-0.2, 0) is 24.4 Å². The Bertz CT molecular complexity index is 1840. The standard InChI is InChI=1S/C35H36ClFN2O4S/c1-34(2,3)44-32-26-16-25(43-20-24-12-9-22-15-27(37)31(42-6)17-28(22)38-24)13-14-29(26)39(19-21-7-10-23(36)11-8-21)30(32)18-35(4,5)33(40)41/h7-17H,18-20H2,1-6H3,(H,40,41). The summed E-state index contributed by atoms with van der Waals surface area (Å²) in [5.74, 6) is -0.473. The number of carboxylic acid groups (broad SMARTS) is 1. The maximum absolute atomic E-state index is 14.1. The summed E-state index contributed by atoms with van der Waals surface area (Å²) in [6, 6.07) is 20.3. The molecule has 2 heterocycles. The van der Waals surface area contributed by atoms with Gasteiger partial charge in [-0.1, -0.05) is 50.6 Å². The number of benzene rings is 3. The third-order valence-corrected chi connectivity index (χ3v) is 8.87. The highest BCUT2D eigenvalue weighted by atomic mass is 35.5. The minimum Gasteiger partial charge on any atom is -0.494 e. The molecule has 0 unspecified atom stereocenters. The number of pyridine rings is 1. The number of ether oxygens (including phenoxy) is 2. The van der Waals surface area contributed by atoms with Crippen molar-refractivity contribution in [1.29, 1.82) is 0 Å². The van der Waals surface area contributed by atoms with E-state index in [2.05, 4.69) is 30.3 Å². The molecule has 9 heteroatoms. The Morgan fingerprint density at radius 2 is 1.75 bits per heavy atom. The van der Waals surface area contributed by atoms with Crippen LogP contribution in [0.15, 0.2) is 71.6 Å². The lowest BCUT2D eigenvalue weighted by Crippen LogP contribution is -2.28. The van der Waals surface area contributed by atoms with E-state index in [0.717, 1.165) is 27.1 Å².